The van der Waals surface area contributed by atoms with Crippen LogP contribution in [0, 0.1) is 0 Å². The molecule has 0 saturated carbocycles. The number of hydrogen-bond acceptors (Lipinski definition) is 4. The summed E-state index contributed by atoms with van der Waals surface area (Å²) in [5, 5.41) is 8.33. The van der Waals surface area contributed by atoms with Crippen molar-refractivity contribution in [1.29, 1.82) is 0 Å². The Bertz CT molecular complexity index is 1090. The standard InChI is InChI=1S/C23H19ClN4O2/c1-30-20-14-12-19(13-15-20)28-21(16-24)25-26-22(28)23(29)27(17-8-4-2-5-9-17)18-10-6-3-7-11-18/h2-15H,16H2,1H3. The average Bonchev–Trinajstić information content (AvgIpc) is 3.25. The SMILES string of the molecule is COc1ccc(-n2c(CCl)nnc2C(=O)N(c2ccccc2)c2ccccc2)cc1. The molecule has 1 aromatic heterocycles. The van der Waals surface area contributed by atoms with Crippen LogP contribution in [-0.2, 0) is 5.88 Å². The van der Waals surface area contributed by atoms with Crippen LogP contribution in [0.4, 0.5) is 11.4 Å². The molecule has 0 unspecified atom stereocenters. The molecule has 1 heterocycles. The molecule has 7 heteroatoms. The second kappa shape index (κ2) is 8.80. The molecule has 30 heavy (non-hydrogen) atoms. The van der Waals surface area contributed by atoms with Crippen molar-refractivity contribution < 1.29 is 9.53 Å². The summed E-state index contributed by atoms with van der Waals surface area (Å²) >= 11 is 6.10. The molecule has 0 radical (unpaired) electrons. The summed E-state index contributed by atoms with van der Waals surface area (Å²) in [4.78, 5) is 15.3. The number of benzene rings is 3. The second-order valence-electron chi connectivity index (χ2n) is 6.42. The monoisotopic (exact) mass is 418 g/mol. The predicted molar refractivity (Wildman–Crippen MR) is 117 cm³/mol. The van der Waals surface area contributed by atoms with E-state index >= 15 is 0 Å². The van der Waals surface area contributed by atoms with Crippen molar-refractivity contribution in [3.63, 3.8) is 0 Å². The van der Waals surface area contributed by atoms with Gasteiger partial charge in [0.15, 0.2) is 5.82 Å². The van der Waals surface area contributed by atoms with Crippen molar-refractivity contribution in [3.05, 3.63) is 96.6 Å². The lowest BCUT2D eigenvalue weighted by Crippen LogP contribution is -2.29. The van der Waals surface area contributed by atoms with Crippen molar-refractivity contribution >= 4 is 28.9 Å². The summed E-state index contributed by atoms with van der Waals surface area (Å²) in [6, 6.07) is 26.2. The fraction of sp³-hybridized carbons (Fsp3) is 0.0870. The molecule has 0 fully saturated rings. The Labute approximate surface area is 179 Å². The average molecular weight is 419 g/mol. The van der Waals surface area contributed by atoms with E-state index in [-0.39, 0.29) is 17.6 Å². The van der Waals surface area contributed by atoms with E-state index in [4.69, 9.17) is 16.3 Å². The summed E-state index contributed by atoms with van der Waals surface area (Å²) < 4.78 is 6.91. The smallest absolute Gasteiger partial charge is 0.301 e. The molecule has 150 valence electrons. The molecule has 0 atom stereocenters. The minimum atomic E-state index is -0.313. The fourth-order valence-corrected chi connectivity index (χ4v) is 3.35. The first-order valence-corrected chi connectivity index (χ1v) is 9.85. The normalized spacial score (nSPS) is 10.6. The molecule has 4 rings (SSSR count). The number of para-hydroxylation sites is 2. The van der Waals surface area contributed by atoms with Gasteiger partial charge in [-0.25, -0.2) is 0 Å². The Morgan fingerprint density at radius 3 is 1.97 bits per heavy atom. The van der Waals surface area contributed by atoms with Crippen LogP contribution in [0.5, 0.6) is 5.75 Å². The van der Waals surface area contributed by atoms with E-state index in [1.165, 1.54) is 0 Å². The molecule has 0 aliphatic rings. The number of ether oxygens (including phenoxy) is 1. The van der Waals surface area contributed by atoms with Crippen molar-refractivity contribution in [3.8, 4) is 11.4 Å². The highest BCUT2D eigenvalue weighted by Crippen LogP contribution is 2.28. The van der Waals surface area contributed by atoms with Crippen LogP contribution in [0.25, 0.3) is 5.69 Å². The highest BCUT2D eigenvalue weighted by molar-refractivity contribution is 6.17. The first kappa shape index (κ1) is 19.7. The van der Waals surface area contributed by atoms with Crippen LogP contribution >= 0.6 is 11.6 Å². The third kappa shape index (κ3) is 3.77. The van der Waals surface area contributed by atoms with E-state index in [1.54, 1.807) is 16.6 Å². The van der Waals surface area contributed by atoms with Gasteiger partial charge in [-0.3, -0.25) is 14.3 Å². The van der Waals surface area contributed by atoms with Gasteiger partial charge >= 0.3 is 5.91 Å². The summed E-state index contributed by atoms with van der Waals surface area (Å²) in [5.74, 6) is 1.16. The van der Waals surface area contributed by atoms with Gasteiger partial charge in [0.2, 0.25) is 5.82 Å². The second-order valence-corrected chi connectivity index (χ2v) is 6.69. The van der Waals surface area contributed by atoms with E-state index in [1.807, 2.05) is 84.9 Å². The van der Waals surface area contributed by atoms with Gasteiger partial charge in [0.1, 0.15) is 5.75 Å². The topological polar surface area (TPSA) is 60.2 Å². The minimum Gasteiger partial charge on any atom is -0.497 e. The molecule has 0 bridgehead atoms. The molecular weight excluding hydrogens is 400 g/mol. The lowest BCUT2D eigenvalue weighted by molar-refractivity contribution is 0.0987. The number of alkyl halides is 1. The quantitative estimate of drug-likeness (QED) is 0.414. The zero-order chi connectivity index (χ0) is 20.9. The molecule has 0 aliphatic carbocycles. The number of hydrogen-bond donors (Lipinski definition) is 0. The first-order valence-electron chi connectivity index (χ1n) is 9.32. The molecule has 0 N–H and O–H groups in total. The number of amides is 1. The number of nitrogens with zero attached hydrogens (tertiary/aromatic N) is 4. The van der Waals surface area contributed by atoms with Gasteiger partial charge in [0, 0.05) is 17.1 Å². The van der Waals surface area contributed by atoms with Gasteiger partial charge in [-0.1, -0.05) is 36.4 Å². The maximum atomic E-state index is 13.7. The van der Waals surface area contributed by atoms with E-state index in [2.05, 4.69) is 10.2 Å². The maximum Gasteiger partial charge on any atom is 0.301 e. The summed E-state index contributed by atoms with van der Waals surface area (Å²) in [6.07, 6.45) is 0. The van der Waals surface area contributed by atoms with Crippen LogP contribution in [0.3, 0.4) is 0 Å². The summed E-state index contributed by atoms with van der Waals surface area (Å²) in [5.41, 5.74) is 2.18. The number of carbonyl (C=O) groups is 1. The fourth-order valence-electron chi connectivity index (χ4n) is 3.18. The Balaban J connectivity index is 1.84. The number of carbonyl (C=O) groups excluding carboxylic acids is 1. The lowest BCUT2D eigenvalue weighted by Gasteiger charge is -2.23. The van der Waals surface area contributed by atoms with E-state index in [9.17, 15) is 4.79 Å². The number of methoxy groups -OCH3 is 1. The van der Waals surface area contributed by atoms with Crippen molar-refractivity contribution in [2.24, 2.45) is 0 Å². The van der Waals surface area contributed by atoms with E-state index in [0.717, 1.165) is 17.1 Å². The van der Waals surface area contributed by atoms with Gasteiger partial charge in [-0.2, -0.15) is 0 Å². The predicted octanol–water partition coefficient (Wildman–Crippen LogP) is 4.99. The number of halogens is 1. The third-order valence-electron chi connectivity index (χ3n) is 4.60. The molecule has 0 aliphatic heterocycles. The largest absolute Gasteiger partial charge is 0.497 e. The van der Waals surface area contributed by atoms with E-state index < -0.39 is 0 Å². The Morgan fingerprint density at radius 2 is 1.47 bits per heavy atom. The molecule has 1 amide bonds. The first-order chi connectivity index (χ1) is 14.7. The van der Waals surface area contributed by atoms with E-state index in [0.29, 0.717) is 11.6 Å². The van der Waals surface area contributed by atoms with Crippen LogP contribution < -0.4 is 9.64 Å². The molecule has 0 saturated heterocycles. The number of aromatic nitrogens is 3. The minimum absolute atomic E-state index is 0.114. The van der Waals surface area contributed by atoms with Crippen molar-refractivity contribution in [2.45, 2.75) is 5.88 Å². The summed E-state index contributed by atoms with van der Waals surface area (Å²) in [7, 11) is 1.60. The van der Waals surface area contributed by atoms with Gasteiger partial charge < -0.3 is 4.74 Å². The summed E-state index contributed by atoms with van der Waals surface area (Å²) in [6.45, 7) is 0. The van der Waals surface area contributed by atoms with Crippen molar-refractivity contribution in [1.82, 2.24) is 14.8 Å². The van der Waals surface area contributed by atoms with Crippen LogP contribution in [0.15, 0.2) is 84.9 Å². The van der Waals surface area contributed by atoms with Crippen LogP contribution in [0.2, 0.25) is 0 Å². The van der Waals surface area contributed by atoms with Crippen LogP contribution in [-0.4, -0.2) is 27.8 Å². The highest BCUT2D eigenvalue weighted by atomic mass is 35.5. The molecule has 3 aromatic carbocycles. The zero-order valence-electron chi connectivity index (χ0n) is 16.3. The third-order valence-corrected chi connectivity index (χ3v) is 4.84. The molecule has 6 nitrogen and oxygen atoms in total. The van der Waals surface area contributed by atoms with Crippen molar-refractivity contribution in [2.75, 3.05) is 12.0 Å². The molecule has 4 aromatic rings. The Kier molecular flexibility index (Phi) is 5.77. The molecular formula is C23H19ClN4O2. The van der Waals surface area contributed by atoms with Gasteiger partial charge in [-0.15, -0.1) is 21.8 Å². The van der Waals surface area contributed by atoms with Crippen LogP contribution in [0.1, 0.15) is 16.4 Å². The van der Waals surface area contributed by atoms with Gasteiger partial charge in [0.25, 0.3) is 0 Å². The van der Waals surface area contributed by atoms with Gasteiger partial charge in [0.05, 0.1) is 13.0 Å². The van der Waals surface area contributed by atoms with Gasteiger partial charge in [-0.05, 0) is 48.5 Å². The number of anilines is 2. The maximum absolute atomic E-state index is 13.7. The zero-order valence-corrected chi connectivity index (χ0v) is 17.0. The number of rotatable bonds is 6. The highest BCUT2D eigenvalue weighted by Gasteiger charge is 2.27. The lowest BCUT2D eigenvalue weighted by atomic mass is 10.2. The molecule has 0 spiro atoms. The Hall–Kier alpha value is -3.64. The Morgan fingerprint density at radius 1 is 0.900 bits per heavy atom.